The molecule has 0 atom stereocenters. The molecule has 0 radical (unpaired) electrons. The van der Waals surface area contributed by atoms with Crippen LogP contribution in [0.25, 0.3) is 28.1 Å². The molecule has 0 saturated carbocycles. The smallest absolute Gasteiger partial charge is 0.210 e. The number of rotatable bonds is 13. The van der Waals surface area contributed by atoms with Gasteiger partial charge in [-0.05, 0) is 103 Å². The van der Waals surface area contributed by atoms with Crippen LogP contribution in [0, 0.1) is 0 Å². The fourth-order valence-electron chi connectivity index (χ4n) is 6.03. The summed E-state index contributed by atoms with van der Waals surface area (Å²) >= 11 is 0. The summed E-state index contributed by atoms with van der Waals surface area (Å²) in [5, 5.41) is 0. The quantitative estimate of drug-likeness (QED) is 0.103. The Hall–Kier alpha value is -2.60. The van der Waals surface area contributed by atoms with E-state index < -0.39 is 0 Å². The van der Waals surface area contributed by atoms with Crippen molar-refractivity contribution in [1.82, 2.24) is 0 Å². The van der Waals surface area contributed by atoms with Crippen LogP contribution in [0.2, 0.25) is 0 Å². The van der Waals surface area contributed by atoms with Crippen molar-refractivity contribution < 1.29 is 25.1 Å². The Bertz CT molecular complexity index is 1360. The number of hydrogen-bond acceptors (Lipinski definition) is 0. The Labute approximate surface area is 256 Å². The molecule has 214 valence electrons. The fraction of sp³-hybridized carbons (Fsp3) is 0.405. The molecule has 0 amide bonds. The number of nitrogens with zero attached hydrogens (tertiary/aromatic N) is 2. The zero-order valence-corrected chi connectivity index (χ0v) is 26.7. The monoisotopic (exact) mass is 624 g/mol. The summed E-state index contributed by atoms with van der Waals surface area (Å²) in [5.41, 5.74) is 24.8. The van der Waals surface area contributed by atoms with Crippen molar-refractivity contribution in [2.24, 2.45) is 0 Å². The van der Waals surface area contributed by atoms with Crippen molar-refractivity contribution >= 4 is 11.4 Å². The normalized spacial score (nSPS) is 13.0. The average Bonchev–Trinajstić information content (AvgIpc) is 3.27. The van der Waals surface area contributed by atoms with E-state index in [2.05, 4.69) is 101 Å². The van der Waals surface area contributed by atoms with Gasteiger partial charge in [0.2, 0.25) is 11.4 Å². The average molecular weight is 625 g/mol. The van der Waals surface area contributed by atoms with Crippen molar-refractivity contribution in [3.05, 3.63) is 111 Å². The number of hydrogen-bond donors (Lipinski definition) is 0. The molecule has 0 fully saturated rings. The van der Waals surface area contributed by atoms with Crippen LogP contribution in [0.4, 0.5) is 0 Å². The largest absolute Gasteiger partial charge is 0.493 e. The minimum Gasteiger partial charge on any atom is -0.493 e. The minimum absolute atomic E-state index is 0. The Kier molecular flexibility index (Phi) is 12.3. The summed E-state index contributed by atoms with van der Waals surface area (Å²) in [6, 6.07) is 22.1. The Morgan fingerprint density at radius 2 is 1.35 bits per heavy atom. The molecule has 1 aliphatic rings. The van der Waals surface area contributed by atoms with Gasteiger partial charge in [0, 0.05) is 43.2 Å². The maximum absolute atomic E-state index is 11.6. The van der Waals surface area contributed by atoms with E-state index >= 15 is 0 Å². The van der Waals surface area contributed by atoms with Crippen molar-refractivity contribution in [3.8, 4) is 11.1 Å². The van der Waals surface area contributed by atoms with Gasteiger partial charge in [-0.2, -0.15) is 0 Å². The van der Waals surface area contributed by atoms with Gasteiger partial charge >= 0.3 is 0 Å². The van der Waals surface area contributed by atoms with Crippen molar-refractivity contribution in [1.29, 1.82) is 0 Å². The van der Waals surface area contributed by atoms with E-state index in [4.69, 9.17) is 0 Å². The fourth-order valence-corrected chi connectivity index (χ4v) is 6.03. The molecular formula is C37H46N2Pd. The second kappa shape index (κ2) is 15.4. The Morgan fingerprint density at radius 3 is 2.02 bits per heavy atom. The van der Waals surface area contributed by atoms with Gasteiger partial charge < -0.3 is 5.53 Å². The van der Waals surface area contributed by atoms with E-state index in [1.54, 1.807) is 0 Å². The van der Waals surface area contributed by atoms with Gasteiger partial charge in [0.1, 0.15) is 0 Å². The summed E-state index contributed by atoms with van der Waals surface area (Å²) in [7, 11) is 0. The number of unbranched alkanes of at least 4 members (excludes halogenated alkanes) is 4. The first kappa shape index (κ1) is 31.9. The second-order valence-corrected chi connectivity index (χ2v) is 11.0. The van der Waals surface area contributed by atoms with Gasteiger partial charge in [0.05, 0.1) is 0 Å². The van der Waals surface area contributed by atoms with E-state index in [0.717, 1.165) is 53.8 Å². The molecule has 2 nitrogen and oxygen atoms in total. The number of allylic oxidation sites excluding steroid dienone is 2. The molecule has 0 bridgehead atoms. The van der Waals surface area contributed by atoms with Crippen LogP contribution in [0.1, 0.15) is 107 Å². The third kappa shape index (κ3) is 7.18. The topological polar surface area (TPSA) is 25.3 Å². The predicted octanol–water partition coefficient (Wildman–Crippen LogP) is 10.8. The molecule has 0 N–H and O–H groups in total. The van der Waals surface area contributed by atoms with Gasteiger partial charge in [-0.1, -0.05) is 89.8 Å². The van der Waals surface area contributed by atoms with Crippen LogP contribution in [0.15, 0.2) is 72.3 Å². The molecule has 1 aliphatic heterocycles. The van der Waals surface area contributed by atoms with Crippen LogP contribution >= 0.6 is 0 Å². The van der Waals surface area contributed by atoms with Gasteiger partial charge in [0.15, 0.2) is 0 Å². The van der Waals surface area contributed by atoms with E-state index in [1.807, 2.05) is 0 Å². The standard InChI is InChI=1S/C37H46N2.Pd/c1-6-10-12-14-18-29-21-22-32(25-31(29)17-11-7-2)36-23-27(5)37(39(36)38)33-24-28(8-3)34(9-4)35(26-33)30-19-15-13-16-20-30;/h13,15-16,19-26H,6-12,14,17-18H2,1-5H3;. The van der Waals surface area contributed by atoms with Crippen LogP contribution < -0.4 is 0 Å². The Balaban J connectivity index is 0.00000441. The van der Waals surface area contributed by atoms with Gasteiger partial charge in [-0.15, -0.1) is 0 Å². The first-order chi connectivity index (χ1) is 19.0. The molecule has 0 aromatic heterocycles. The molecule has 4 rings (SSSR count). The zero-order chi connectivity index (χ0) is 27.8. The molecule has 0 saturated heterocycles. The molecule has 0 spiro atoms. The molecule has 40 heavy (non-hydrogen) atoms. The summed E-state index contributed by atoms with van der Waals surface area (Å²) in [6.07, 6.45) is 13.9. The number of aryl methyl sites for hydroxylation is 3. The Morgan fingerprint density at radius 1 is 0.650 bits per heavy atom. The van der Waals surface area contributed by atoms with E-state index in [9.17, 15) is 5.53 Å². The van der Waals surface area contributed by atoms with Gasteiger partial charge in [-0.25, -0.2) is 4.70 Å². The van der Waals surface area contributed by atoms with Crippen LogP contribution in [-0.2, 0) is 46.1 Å². The maximum Gasteiger partial charge on any atom is 0.210 e. The first-order valence-corrected chi connectivity index (χ1v) is 15.3. The second-order valence-electron chi connectivity index (χ2n) is 11.0. The summed E-state index contributed by atoms with van der Waals surface area (Å²) in [6.45, 7) is 11.1. The predicted molar refractivity (Wildman–Crippen MR) is 168 cm³/mol. The molecule has 1 heterocycles. The van der Waals surface area contributed by atoms with E-state index in [-0.39, 0.29) is 20.4 Å². The van der Waals surface area contributed by atoms with Gasteiger partial charge in [-0.3, -0.25) is 0 Å². The summed E-state index contributed by atoms with van der Waals surface area (Å²) < 4.78 is 1.43. The third-order valence-corrected chi connectivity index (χ3v) is 8.20. The van der Waals surface area contributed by atoms with Crippen molar-refractivity contribution in [2.45, 2.75) is 98.8 Å². The molecule has 3 aromatic rings. The minimum atomic E-state index is 0. The molecular weight excluding hydrogens is 579 g/mol. The first-order valence-electron chi connectivity index (χ1n) is 15.3. The summed E-state index contributed by atoms with van der Waals surface area (Å²) in [4.78, 5) is 0. The maximum atomic E-state index is 11.6. The van der Waals surface area contributed by atoms with E-state index in [0.29, 0.717) is 0 Å². The van der Waals surface area contributed by atoms with E-state index in [1.165, 1.54) is 76.6 Å². The molecule has 0 unspecified atom stereocenters. The van der Waals surface area contributed by atoms with Crippen LogP contribution in [0.3, 0.4) is 0 Å². The third-order valence-electron chi connectivity index (χ3n) is 8.20. The SMILES string of the molecule is CCCCCCc1ccc(C2=CC(C)=C(c3cc(CC)c(CC)c(-c4ccccc4)c3)[N+]2=[N-])cc1CCCC.[Pd]. The van der Waals surface area contributed by atoms with Gasteiger partial charge in [0.25, 0.3) is 0 Å². The van der Waals surface area contributed by atoms with Crippen molar-refractivity contribution in [2.75, 3.05) is 0 Å². The van der Waals surface area contributed by atoms with Crippen LogP contribution in [0.5, 0.6) is 0 Å². The molecule has 0 aliphatic carbocycles. The molecule has 3 heteroatoms. The van der Waals surface area contributed by atoms with Crippen LogP contribution in [-0.4, -0.2) is 4.70 Å². The van der Waals surface area contributed by atoms with Crippen molar-refractivity contribution in [3.63, 3.8) is 0 Å². The summed E-state index contributed by atoms with van der Waals surface area (Å²) in [5.74, 6) is 0. The number of benzene rings is 3. The zero-order valence-electron chi connectivity index (χ0n) is 25.1. The molecule has 3 aromatic carbocycles.